The molecule has 100 valence electrons. The summed E-state index contributed by atoms with van der Waals surface area (Å²) in [6.45, 7) is 5.03. The van der Waals surface area contributed by atoms with Gasteiger partial charge in [-0.05, 0) is 47.5 Å². The number of halogens is 1. The van der Waals surface area contributed by atoms with Gasteiger partial charge in [0.2, 0.25) is 5.95 Å². The maximum atomic E-state index is 4.52. The van der Waals surface area contributed by atoms with Crippen LogP contribution in [0.3, 0.4) is 0 Å². The average molecular weight is 321 g/mol. The lowest BCUT2D eigenvalue weighted by molar-refractivity contribution is 0.969. The molecule has 0 atom stereocenters. The van der Waals surface area contributed by atoms with E-state index < -0.39 is 0 Å². The van der Waals surface area contributed by atoms with Gasteiger partial charge in [-0.15, -0.1) is 0 Å². The molecule has 5 heteroatoms. The van der Waals surface area contributed by atoms with Crippen LogP contribution < -0.4 is 10.2 Å². The van der Waals surface area contributed by atoms with E-state index in [1.165, 1.54) is 5.56 Å². The summed E-state index contributed by atoms with van der Waals surface area (Å²) in [7, 11) is 1.82. The van der Waals surface area contributed by atoms with E-state index in [9.17, 15) is 0 Å². The van der Waals surface area contributed by atoms with Crippen molar-refractivity contribution in [1.29, 1.82) is 0 Å². The number of nitrogens with zero attached hydrogens (tertiary/aromatic N) is 3. The van der Waals surface area contributed by atoms with Crippen molar-refractivity contribution in [2.75, 3.05) is 23.8 Å². The van der Waals surface area contributed by atoms with E-state index in [0.717, 1.165) is 22.5 Å². The quantitative estimate of drug-likeness (QED) is 0.931. The van der Waals surface area contributed by atoms with E-state index in [-0.39, 0.29) is 0 Å². The summed E-state index contributed by atoms with van der Waals surface area (Å²) in [6, 6.07) is 8.38. The Morgan fingerprint density at radius 1 is 1.37 bits per heavy atom. The van der Waals surface area contributed by atoms with Crippen LogP contribution in [0.25, 0.3) is 0 Å². The van der Waals surface area contributed by atoms with Gasteiger partial charge in [0, 0.05) is 25.5 Å². The molecule has 2 aromatic rings. The minimum absolute atomic E-state index is 0.615. The third kappa shape index (κ3) is 3.04. The number of benzene rings is 1. The van der Waals surface area contributed by atoms with E-state index in [4.69, 9.17) is 0 Å². The van der Waals surface area contributed by atoms with Crippen LogP contribution in [-0.2, 0) is 0 Å². The molecule has 19 heavy (non-hydrogen) atoms. The molecule has 0 radical (unpaired) electrons. The Morgan fingerprint density at radius 2 is 2.16 bits per heavy atom. The second-order valence-corrected chi connectivity index (χ2v) is 5.05. The molecule has 1 aromatic heterocycles. The molecular formula is C14H17BrN4. The monoisotopic (exact) mass is 320 g/mol. The standard InChI is InChI=1S/C14H17BrN4/c1-4-19(11-7-5-6-10(2)8-11)13-12(15)9-17-14(16-3)18-13/h5-9H,4H2,1-3H3,(H,16,17,18). The second-order valence-electron chi connectivity index (χ2n) is 4.20. The molecule has 0 saturated carbocycles. The first-order chi connectivity index (χ1) is 9.15. The first-order valence-electron chi connectivity index (χ1n) is 6.20. The fourth-order valence-corrected chi connectivity index (χ4v) is 2.32. The molecule has 0 saturated heterocycles. The molecule has 1 aromatic carbocycles. The Kier molecular flexibility index (Phi) is 4.37. The van der Waals surface area contributed by atoms with Gasteiger partial charge in [-0.2, -0.15) is 4.98 Å². The van der Waals surface area contributed by atoms with E-state index in [0.29, 0.717) is 5.95 Å². The van der Waals surface area contributed by atoms with Gasteiger partial charge in [0.05, 0.1) is 4.47 Å². The van der Waals surface area contributed by atoms with E-state index in [1.54, 1.807) is 6.20 Å². The van der Waals surface area contributed by atoms with Gasteiger partial charge in [-0.1, -0.05) is 12.1 Å². The lowest BCUT2D eigenvalue weighted by atomic mass is 10.2. The Balaban J connectivity index is 2.47. The number of hydrogen-bond acceptors (Lipinski definition) is 4. The third-order valence-corrected chi connectivity index (χ3v) is 3.39. The summed E-state index contributed by atoms with van der Waals surface area (Å²) < 4.78 is 0.884. The normalized spacial score (nSPS) is 10.3. The lowest BCUT2D eigenvalue weighted by Gasteiger charge is -2.23. The minimum atomic E-state index is 0.615. The van der Waals surface area contributed by atoms with Crippen molar-refractivity contribution in [2.24, 2.45) is 0 Å². The molecular weight excluding hydrogens is 304 g/mol. The van der Waals surface area contributed by atoms with Crippen molar-refractivity contribution in [3.63, 3.8) is 0 Å². The van der Waals surface area contributed by atoms with Crippen LogP contribution in [0.4, 0.5) is 17.5 Å². The number of anilines is 3. The van der Waals surface area contributed by atoms with E-state index >= 15 is 0 Å². The van der Waals surface area contributed by atoms with Crippen molar-refractivity contribution in [3.8, 4) is 0 Å². The van der Waals surface area contributed by atoms with Gasteiger partial charge in [0.15, 0.2) is 5.82 Å². The molecule has 0 aliphatic rings. The van der Waals surface area contributed by atoms with E-state index in [2.05, 4.69) is 74.2 Å². The Labute approximate surface area is 122 Å². The summed E-state index contributed by atoms with van der Waals surface area (Å²) in [6.07, 6.45) is 1.77. The number of hydrogen-bond donors (Lipinski definition) is 1. The summed E-state index contributed by atoms with van der Waals surface area (Å²) >= 11 is 3.52. The fourth-order valence-electron chi connectivity index (χ4n) is 1.92. The highest BCUT2D eigenvalue weighted by Gasteiger charge is 2.13. The molecule has 0 fully saturated rings. The SMILES string of the molecule is CCN(c1cccc(C)c1)c1nc(NC)ncc1Br. The molecule has 0 spiro atoms. The fraction of sp³-hybridized carbons (Fsp3) is 0.286. The number of aryl methyl sites for hydroxylation is 1. The largest absolute Gasteiger partial charge is 0.357 e. The van der Waals surface area contributed by atoms with Gasteiger partial charge >= 0.3 is 0 Å². The topological polar surface area (TPSA) is 41.1 Å². The van der Waals surface area contributed by atoms with Crippen LogP contribution in [0.2, 0.25) is 0 Å². The average Bonchev–Trinajstić information content (AvgIpc) is 2.42. The Morgan fingerprint density at radius 3 is 2.79 bits per heavy atom. The van der Waals surface area contributed by atoms with Crippen LogP contribution in [0.15, 0.2) is 34.9 Å². The maximum absolute atomic E-state index is 4.52. The van der Waals surface area contributed by atoms with Crippen LogP contribution >= 0.6 is 15.9 Å². The highest BCUT2D eigenvalue weighted by molar-refractivity contribution is 9.10. The first-order valence-corrected chi connectivity index (χ1v) is 6.99. The number of nitrogens with one attached hydrogen (secondary N) is 1. The predicted octanol–water partition coefficient (Wildman–Crippen LogP) is 3.75. The molecule has 0 amide bonds. The summed E-state index contributed by atoms with van der Waals surface area (Å²) in [5.41, 5.74) is 2.36. The molecule has 0 aliphatic carbocycles. The highest BCUT2D eigenvalue weighted by Crippen LogP contribution is 2.30. The summed E-state index contributed by atoms with van der Waals surface area (Å²) in [5.74, 6) is 1.48. The number of aromatic nitrogens is 2. The smallest absolute Gasteiger partial charge is 0.224 e. The van der Waals surface area contributed by atoms with Crippen molar-refractivity contribution in [3.05, 3.63) is 40.5 Å². The zero-order valence-corrected chi connectivity index (χ0v) is 12.9. The summed E-state index contributed by atoms with van der Waals surface area (Å²) in [5, 5.41) is 2.97. The zero-order chi connectivity index (χ0) is 13.8. The molecule has 0 aliphatic heterocycles. The van der Waals surface area contributed by atoms with Crippen molar-refractivity contribution < 1.29 is 0 Å². The molecule has 1 heterocycles. The number of rotatable bonds is 4. The van der Waals surface area contributed by atoms with Crippen molar-refractivity contribution >= 4 is 33.4 Å². The van der Waals surface area contributed by atoms with Crippen LogP contribution in [0, 0.1) is 6.92 Å². The third-order valence-electron chi connectivity index (χ3n) is 2.83. The summed E-state index contributed by atoms with van der Waals surface area (Å²) in [4.78, 5) is 10.9. The van der Waals surface area contributed by atoms with Crippen LogP contribution in [0.1, 0.15) is 12.5 Å². The maximum Gasteiger partial charge on any atom is 0.224 e. The van der Waals surface area contributed by atoms with Gasteiger partial charge in [-0.25, -0.2) is 4.98 Å². The lowest BCUT2D eigenvalue weighted by Crippen LogP contribution is -2.18. The molecule has 1 N–H and O–H groups in total. The van der Waals surface area contributed by atoms with Gasteiger partial charge in [0.25, 0.3) is 0 Å². The second kappa shape index (κ2) is 6.02. The Hall–Kier alpha value is -1.62. The predicted molar refractivity (Wildman–Crippen MR) is 83.1 cm³/mol. The van der Waals surface area contributed by atoms with Gasteiger partial charge in [0.1, 0.15) is 0 Å². The minimum Gasteiger partial charge on any atom is -0.357 e. The van der Waals surface area contributed by atoms with Gasteiger partial charge < -0.3 is 10.2 Å². The highest BCUT2D eigenvalue weighted by atomic mass is 79.9. The van der Waals surface area contributed by atoms with E-state index in [1.807, 2.05) is 7.05 Å². The van der Waals surface area contributed by atoms with Crippen molar-refractivity contribution in [2.45, 2.75) is 13.8 Å². The Bertz CT molecular complexity index is 571. The molecule has 0 unspecified atom stereocenters. The molecule has 2 rings (SSSR count). The first kappa shape index (κ1) is 13.8. The van der Waals surface area contributed by atoms with Crippen molar-refractivity contribution in [1.82, 2.24) is 9.97 Å². The van der Waals surface area contributed by atoms with Crippen LogP contribution in [0.5, 0.6) is 0 Å². The molecule has 4 nitrogen and oxygen atoms in total. The van der Waals surface area contributed by atoms with Crippen LogP contribution in [-0.4, -0.2) is 23.6 Å². The van der Waals surface area contributed by atoms with Gasteiger partial charge in [-0.3, -0.25) is 0 Å². The molecule has 0 bridgehead atoms. The zero-order valence-electron chi connectivity index (χ0n) is 11.3.